The van der Waals surface area contributed by atoms with Gasteiger partial charge in [0.15, 0.2) is 0 Å². The minimum absolute atomic E-state index is 0.0563. The molecule has 2 rings (SSSR count). The molecule has 0 bridgehead atoms. The van der Waals surface area contributed by atoms with Gasteiger partial charge in [-0.05, 0) is 29.5 Å². The quantitative estimate of drug-likeness (QED) is 0.810. The summed E-state index contributed by atoms with van der Waals surface area (Å²) in [5, 5.41) is 10.8. The Balaban J connectivity index is 2.66. The van der Waals surface area contributed by atoms with Crippen molar-refractivity contribution in [3.63, 3.8) is 0 Å². The lowest BCUT2D eigenvalue weighted by molar-refractivity contribution is -0.136. The number of carbonyl (C=O) groups is 1. The van der Waals surface area contributed by atoms with Crippen LogP contribution in [0.15, 0.2) is 30.6 Å². The summed E-state index contributed by atoms with van der Waals surface area (Å²) in [6.45, 7) is 1.99. The minimum atomic E-state index is -0.808. The van der Waals surface area contributed by atoms with Crippen LogP contribution in [0.1, 0.15) is 11.1 Å². The van der Waals surface area contributed by atoms with Crippen LogP contribution < -0.4 is 0 Å². The number of carboxylic acids is 1. The lowest BCUT2D eigenvalue weighted by Crippen LogP contribution is -2.01. The number of hydrogen-bond acceptors (Lipinski definition) is 2. The minimum Gasteiger partial charge on any atom is -0.481 e. The molecular weight excluding hydrogens is 190 g/mol. The number of rotatable bonds is 2. The van der Waals surface area contributed by atoms with E-state index < -0.39 is 5.97 Å². The van der Waals surface area contributed by atoms with E-state index in [1.54, 1.807) is 12.4 Å². The molecule has 0 amide bonds. The maximum Gasteiger partial charge on any atom is 0.307 e. The largest absolute Gasteiger partial charge is 0.481 e. The highest BCUT2D eigenvalue weighted by molar-refractivity contribution is 5.90. The summed E-state index contributed by atoms with van der Waals surface area (Å²) in [4.78, 5) is 14.7. The number of aromatic nitrogens is 1. The molecule has 0 aliphatic rings. The van der Waals surface area contributed by atoms with Crippen LogP contribution in [0, 0.1) is 6.92 Å². The van der Waals surface area contributed by atoms with Gasteiger partial charge in [0.2, 0.25) is 0 Å². The molecule has 0 unspecified atom stereocenters. The van der Waals surface area contributed by atoms with Crippen LogP contribution in [0.2, 0.25) is 0 Å². The molecule has 1 N–H and O–H groups in total. The smallest absolute Gasteiger partial charge is 0.307 e. The van der Waals surface area contributed by atoms with Gasteiger partial charge in [0, 0.05) is 17.8 Å². The molecule has 0 aliphatic heterocycles. The Morgan fingerprint density at radius 3 is 2.87 bits per heavy atom. The van der Waals surface area contributed by atoms with Gasteiger partial charge in [-0.3, -0.25) is 9.78 Å². The van der Waals surface area contributed by atoms with Gasteiger partial charge in [-0.15, -0.1) is 0 Å². The molecule has 0 fully saturated rings. The van der Waals surface area contributed by atoms with Crippen molar-refractivity contribution in [2.45, 2.75) is 13.3 Å². The fourth-order valence-corrected chi connectivity index (χ4v) is 1.71. The van der Waals surface area contributed by atoms with Gasteiger partial charge in [0.05, 0.1) is 6.42 Å². The Kier molecular flexibility index (Phi) is 2.37. The first-order valence-electron chi connectivity index (χ1n) is 4.72. The monoisotopic (exact) mass is 201 g/mol. The van der Waals surface area contributed by atoms with Crippen molar-refractivity contribution in [2.24, 2.45) is 0 Å². The van der Waals surface area contributed by atoms with Gasteiger partial charge in [-0.2, -0.15) is 0 Å². The highest BCUT2D eigenvalue weighted by atomic mass is 16.4. The topological polar surface area (TPSA) is 50.2 Å². The van der Waals surface area contributed by atoms with Crippen molar-refractivity contribution in [1.29, 1.82) is 0 Å². The van der Waals surface area contributed by atoms with Crippen molar-refractivity contribution < 1.29 is 9.90 Å². The lowest BCUT2D eigenvalue weighted by atomic mass is 10.0. The van der Waals surface area contributed by atoms with E-state index >= 15 is 0 Å². The highest BCUT2D eigenvalue weighted by Crippen LogP contribution is 2.21. The predicted octanol–water partition coefficient (Wildman–Crippen LogP) is 2.17. The molecule has 76 valence electrons. The van der Waals surface area contributed by atoms with Crippen LogP contribution in [0.3, 0.4) is 0 Å². The molecule has 15 heavy (non-hydrogen) atoms. The third-order valence-corrected chi connectivity index (χ3v) is 2.47. The van der Waals surface area contributed by atoms with Gasteiger partial charge in [0.25, 0.3) is 0 Å². The number of aliphatic carboxylic acids is 1. The van der Waals surface area contributed by atoms with Gasteiger partial charge in [-0.1, -0.05) is 12.1 Å². The molecule has 0 saturated carbocycles. The number of hydrogen-bond donors (Lipinski definition) is 1. The molecule has 3 nitrogen and oxygen atoms in total. The van der Waals surface area contributed by atoms with Gasteiger partial charge >= 0.3 is 5.97 Å². The lowest BCUT2D eigenvalue weighted by Gasteiger charge is -2.06. The number of benzene rings is 1. The molecule has 1 aromatic carbocycles. The van der Waals surface area contributed by atoms with Gasteiger partial charge < -0.3 is 5.11 Å². The molecule has 0 saturated heterocycles. The SMILES string of the molecule is Cc1ccc(CC(=O)O)c2ccncc12. The summed E-state index contributed by atoms with van der Waals surface area (Å²) in [6, 6.07) is 5.66. The Morgan fingerprint density at radius 1 is 1.33 bits per heavy atom. The zero-order chi connectivity index (χ0) is 10.8. The molecule has 0 atom stereocenters. The first kappa shape index (κ1) is 9.65. The van der Waals surface area contributed by atoms with Crippen LogP contribution in [0.25, 0.3) is 10.8 Å². The molecule has 0 spiro atoms. The Morgan fingerprint density at radius 2 is 2.13 bits per heavy atom. The average Bonchev–Trinajstić information content (AvgIpc) is 2.22. The van der Waals surface area contributed by atoms with Crippen LogP contribution in [0.5, 0.6) is 0 Å². The number of nitrogens with zero attached hydrogens (tertiary/aromatic N) is 1. The zero-order valence-corrected chi connectivity index (χ0v) is 8.40. The number of pyridine rings is 1. The molecule has 0 aliphatic carbocycles. The van der Waals surface area contributed by atoms with E-state index in [1.165, 1.54) is 0 Å². The van der Waals surface area contributed by atoms with Crippen LogP contribution in [0.4, 0.5) is 0 Å². The predicted molar refractivity (Wildman–Crippen MR) is 57.8 cm³/mol. The zero-order valence-electron chi connectivity index (χ0n) is 8.40. The van der Waals surface area contributed by atoms with E-state index in [1.807, 2.05) is 25.1 Å². The first-order chi connectivity index (χ1) is 7.18. The molecule has 3 heteroatoms. The maximum absolute atomic E-state index is 10.7. The van der Waals surface area contributed by atoms with Crippen LogP contribution >= 0.6 is 0 Å². The fourth-order valence-electron chi connectivity index (χ4n) is 1.71. The first-order valence-corrected chi connectivity index (χ1v) is 4.72. The summed E-state index contributed by atoms with van der Waals surface area (Å²) in [7, 11) is 0. The third kappa shape index (κ3) is 1.81. The van der Waals surface area contributed by atoms with E-state index in [9.17, 15) is 4.79 Å². The molecule has 1 aromatic heterocycles. The molecule has 1 heterocycles. The van der Waals surface area contributed by atoms with Crippen molar-refractivity contribution in [3.05, 3.63) is 41.7 Å². The van der Waals surface area contributed by atoms with E-state index in [0.717, 1.165) is 21.9 Å². The normalized spacial score (nSPS) is 10.5. The second kappa shape index (κ2) is 3.69. The Bertz CT molecular complexity index is 520. The van der Waals surface area contributed by atoms with Crippen molar-refractivity contribution in [3.8, 4) is 0 Å². The van der Waals surface area contributed by atoms with E-state index in [0.29, 0.717) is 0 Å². The van der Waals surface area contributed by atoms with Crippen molar-refractivity contribution in [2.75, 3.05) is 0 Å². The number of fused-ring (bicyclic) bond motifs is 1. The molecule has 2 aromatic rings. The summed E-state index contributed by atoms with van der Waals surface area (Å²) in [6.07, 6.45) is 3.52. The summed E-state index contributed by atoms with van der Waals surface area (Å²) >= 11 is 0. The van der Waals surface area contributed by atoms with Crippen molar-refractivity contribution in [1.82, 2.24) is 4.98 Å². The van der Waals surface area contributed by atoms with E-state index in [-0.39, 0.29) is 6.42 Å². The number of carboxylic acid groups (broad SMARTS) is 1. The summed E-state index contributed by atoms with van der Waals surface area (Å²) < 4.78 is 0. The second-order valence-electron chi connectivity index (χ2n) is 3.53. The van der Waals surface area contributed by atoms with E-state index in [4.69, 9.17) is 5.11 Å². The molecular formula is C12H11NO2. The van der Waals surface area contributed by atoms with Crippen LogP contribution in [-0.2, 0) is 11.2 Å². The standard InChI is InChI=1S/C12H11NO2/c1-8-2-3-9(6-12(14)15)10-4-5-13-7-11(8)10/h2-5,7H,6H2,1H3,(H,14,15). The summed E-state index contributed by atoms with van der Waals surface area (Å²) in [5.41, 5.74) is 1.96. The van der Waals surface area contributed by atoms with Gasteiger partial charge in [0.1, 0.15) is 0 Å². The highest BCUT2D eigenvalue weighted by Gasteiger charge is 2.06. The molecule has 0 radical (unpaired) electrons. The Labute approximate surface area is 87.4 Å². The van der Waals surface area contributed by atoms with E-state index in [2.05, 4.69) is 4.98 Å². The van der Waals surface area contributed by atoms with Crippen molar-refractivity contribution >= 4 is 16.7 Å². The second-order valence-corrected chi connectivity index (χ2v) is 3.53. The van der Waals surface area contributed by atoms with Gasteiger partial charge in [-0.25, -0.2) is 0 Å². The maximum atomic E-state index is 10.7. The van der Waals surface area contributed by atoms with Crippen LogP contribution in [-0.4, -0.2) is 16.1 Å². The average molecular weight is 201 g/mol. The summed E-state index contributed by atoms with van der Waals surface area (Å²) in [5.74, 6) is -0.808. The Hall–Kier alpha value is -1.90. The number of aryl methyl sites for hydroxylation is 1. The fraction of sp³-hybridized carbons (Fsp3) is 0.167. The third-order valence-electron chi connectivity index (χ3n) is 2.47.